The molecule has 3 aliphatic rings. The summed E-state index contributed by atoms with van der Waals surface area (Å²) >= 11 is 1.72. The van der Waals surface area contributed by atoms with E-state index in [-0.39, 0.29) is 18.2 Å². The minimum atomic E-state index is -2.92. The number of rotatable bonds is 9. The van der Waals surface area contributed by atoms with Gasteiger partial charge in [0.1, 0.15) is 22.9 Å². The van der Waals surface area contributed by atoms with Gasteiger partial charge in [0.2, 0.25) is 0 Å². The fraction of sp³-hybridized carbons (Fsp3) is 0.371. The average molecular weight is 630 g/mol. The number of ketones is 1. The molecule has 0 N–H and O–H groups in total. The van der Waals surface area contributed by atoms with Gasteiger partial charge in [0.15, 0.2) is 9.84 Å². The van der Waals surface area contributed by atoms with Crippen LogP contribution in [0.3, 0.4) is 0 Å². The van der Waals surface area contributed by atoms with Crippen molar-refractivity contribution in [1.82, 2.24) is 0 Å². The van der Waals surface area contributed by atoms with Crippen LogP contribution in [0.25, 0.3) is 21.2 Å². The van der Waals surface area contributed by atoms with Crippen molar-refractivity contribution in [2.75, 3.05) is 30.3 Å². The van der Waals surface area contributed by atoms with Gasteiger partial charge in [-0.25, -0.2) is 8.42 Å². The van der Waals surface area contributed by atoms with Gasteiger partial charge in [-0.2, -0.15) is 0 Å². The number of ether oxygens (including phenoxy) is 2. The number of nitrogens with zero attached hydrogens (tertiary/aromatic N) is 1. The molecule has 0 bridgehead atoms. The first-order valence-electron chi connectivity index (χ1n) is 15.1. The summed E-state index contributed by atoms with van der Waals surface area (Å²) in [5.41, 5.74) is 6.14. The van der Waals surface area contributed by atoms with Gasteiger partial charge in [-0.3, -0.25) is 9.59 Å². The lowest BCUT2D eigenvalue weighted by Crippen LogP contribution is -2.72. The van der Waals surface area contributed by atoms with Crippen LogP contribution in [0, 0.1) is 6.92 Å². The largest absolute Gasteiger partial charge is 0.489 e. The normalized spacial score (nSPS) is 19.2. The van der Waals surface area contributed by atoms with Crippen LogP contribution in [-0.2, 0) is 36.2 Å². The first kappa shape index (κ1) is 29.0. The first-order valence-corrected chi connectivity index (χ1v) is 17.6. The Balaban J connectivity index is 1.04. The van der Waals surface area contributed by atoms with Crippen LogP contribution in [0.1, 0.15) is 49.3 Å². The Morgan fingerprint density at radius 2 is 1.77 bits per heavy atom. The fourth-order valence-electron chi connectivity index (χ4n) is 6.96. The fourth-order valence-corrected chi connectivity index (χ4v) is 9.72. The molecule has 0 amide bonds. The lowest BCUT2D eigenvalue weighted by molar-refractivity contribution is -0.147. The number of aryl methyl sites for hydroxylation is 1. The van der Waals surface area contributed by atoms with E-state index in [4.69, 9.17) is 9.47 Å². The molecular weight excluding hydrogens is 595 g/mol. The summed E-state index contributed by atoms with van der Waals surface area (Å²) in [4.78, 5) is 26.2. The maximum Gasteiger partial charge on any atom is 0.306 e. The Bertz CT molecular complexity index is 1880. The van der Waals surface area contributed by atoms with E-state index in [9.17, 15) is 18.0 Å². The van der Waals surface area contributed by atoms with Crippen LogP contribution in [-0.4, -0.2) is 50.4 Å². The molecule has 4 aromatic rings. The molecule has 3 aromatic carbocycles. The highest BCUT2D eigenvalue weighted by Gasteiger charge is 2.59. The van der Waals surface area contributed by atoms with Gasteiger partial charge in [-0.1, -0.05) is 24.3 Å². The van der Waals surface area contributed by atoms with Gasteiger partial charge in [0.25, 0.3) is 0 Å². The van der Waals surface area contributed by atoms with Gasteiger partial charge in [0.05, 0.1) is 18.8 Å². The van der Waals surface area contributed by atoms with E-state index in [1.165, 1.54) is 21.2 Å². The number of Topliss-reactive ketones (excluding diaryl/α,β-unsaturated/α-hetero) is 1. The minimum Gasteiger partial charge on any atom is -0.489 e. The number of esters is 1. The summed E-state index contributed by atoms with van der Waals surface area (Å²) in [6.07, 6.45) is 1.71. The molecule has 228 valence electrons. The molecule has 7 rings (SSSR count). The van der Waals surface area contributed by atoms with Crippen molar-refractivity contribution in [1.29, 1.82) is 0 Å². The number of thiophene rings is 1. The van der Waals surface area contributed by atoms with Crippen molar-refractivity contribution in [2.45, 2.75) is 56.3 Å². The molecule has 3 heterocycles. The number of carbonyl (C=O) groups is 2. The highest BCUT2D eigenvalue weighted by atomic mass is 32.2. The third-order valence-electron chi connectivity index (χ3n) is 9.68. The van der Waals surface area contributed by atoms with Gasteiger partial charge in [-0.15, -0.1) is 11.3 Å². The van der Waals surface area contributed by atoms with E-state index in [0.717, 1.165) is 34.5 Å². The number of fused-ring (bicyclic) bond motifs is 1. The van der Waals surface area contributed by atoms with E-state index in [2.05, 4.69) is 53.6 Å². The summed E-state index contributed by atoms with van der Waals surface area (Å²) in [6, 6.07) is 20.6. The molecule has 2 saturated heterocycles. The number of sulfone groups is 1. The highest BCUT2D eigenvalue weighted by Crippen LogP contribution is 2.46. The van der Waals surface area contributed by atoms with E-state index < -0.39 is 20.0 Å². The molecule has 0 unspecified atom stereocenters. The zero-order valence-corrected chi connectivity index (χ0v) is 26.6. The molecule has 9 heteroatoms. The number of hydrogen-bond donors (Lipinski definition) is 0. The molecular formula is C35H35NO6S2. The van der Waals surface area contributed by atoms with E-state index >= 15 is 0 Å². The molecule has 2 aliphatic heterocycles. The van der Waals surface area contributed by atoms with Crippen LogP contribution in [0.5, 0.6) is 5.75 Å². The van der Waals surface area contributed by atoms with Crippen LogP contribution < -0.4 is 9.64 Å². The zero-order valence-electron chi connectivity index (χ0n) is 24.9. The second kappa shape index (κ2) is 10.7. The van der Waals surface area contributed by atoms with Crippen LogP contribution in [0.15, 0.2) is 66.0 Å². The second-order valence-electron chi connectivity index (χ2n) is 12.6. The topological polar surface area (TPSA) is 90.0 Å². The maximum absolute atomic E-state index is 12.2. The van der Waals surface area contributed by atoms with Crippen molar-refractivity contribution in [3.05, 3.63) is 82.7 Å². The van der Waals surface area contributed by atoms with Crippen molar-refractivity contribution in [3.8, 4) is 16.9 Å². The summed E-state index contributed by atoms with van der Waals surface area (Å²) in [7, 11) is -2.92. The predicted octanol–water partition coefficient (Wildman–Crippen LogP) is 6.39. The van der Waals surface area contributed by atoms with Crippen LogP contribution in [0.2, 0.25) is 0 Å². The van der Waals surface area contributed by atoms with Gasteiger partial charge >= 0.3 is 5.97 Å². The Labute approximate surface area is 261 Å². The van der Waals surface area contributed by atoms with E-state index in [0.29, 0.717) is 44.9 Å². The van der Waals surface area contributed by atoms with Gasteiger partial charge < -0.3 is 14.4 Å². The van der Waals surface area contributed by atoms with Crippen molar-refractivity contribution >= 4 is 48.7 Å². The molecule has 3 fully saturated rings. The highest BCUT2D eigenvalue weighted by molar-refractivity contribution is 7.94. The number of carbonyl (C=O) groups excluding carboxylic acids is 2. The lowest BCUT2D eigenvalue weighted by Gasteiger charge is -2.55. The van der Waals surface area contributed by atoms with Crippen molar-refractivity contribution in [3.63, 3.8) is 0 Å². The molecule has 1 aliphatic carbocycles. The van der Waals surface area contributed by atoms with E-state index in [1.54, 1.807) is 18.3 Å². The molecule has 44 heavy (non-hydrogen) atoms. The van der Waals surface area contributed by atoms with E-state index in [1.807, 2.05) is 24.3 Å². The Morgan fingerprint density at radius 3 is 2.41 bits per heavy atom. The SMILES string of the molecule is CCOC(=O)CC1(c2ccc(OCc3ccc4scc(-c5ccc(N6CC7(CCS7(=O)=O)C6)cc5C)c4c3)cc2)CC(=O)C1. The molecule has 1 aromatic heterocycles. The van der Waals surface area contributed by atoms with Crippen molar-refractivity contribution < 1.29 is 27.5 Å². The molecule has 0 radical (unpaired) electrons. The summed E-state index contributed by atoms with van der Waals surface area (Å²) < 4.78 is 36.4. The maximum atomic E-state index is 12.2. The van der Waals surface area contributed by atoms with Crippen molar-refractivity contribution in [2.24, 2.45) is 0 Å². The third kappa shape index (κ3) is 4.90. The lowest BCUT2D eigenvalue weighted by atomic mass is 9.62. The third-order valence-corrected chi connectivity index (χ3v) is 13.2. The Kier molecular flexibility index (Phi) is 7.09. The summed E-state index contributed by atoms with van der Waals surface area (Å²) in [5, 5.41) is 3.38. The average Bonchev–Trinajstić information content (AvgIpc) is 3.37. The van der Waals surface area contributed by atoms with Gasteiger partial charge in [0, 0.05) is 52.7 Å². The monoisotopic (exact) mass is 629 g/mol. The molecule has 0 atom stereocenters. The molecule has 7 nitrogen and oxygen atoms in total. The summed E-state index contributed by atoms with van der Waals surface area (Å²) in [6.45, 7) is 5.83. The smallest absolute Gasteiger partial charge is 0.306 e. The number of hydrogen-bond acceptors (Lipinski definition) is 8. The van der Waals surface area contributed by atoms with Crippen LogP contribution in [0.4, 0.5) is 5.69 Å². The van der Waals surface area contributed by atoms with Gasteiger partial charge in [-0.05, 0) is 84.3 Å². The summed E-state index contributed by atoms with van der Waals surface area (Å²) in [5.74, 6) is 0.946. The molecule has 1 saturated carbocycles. The second-order valence-corrected chi connectivity index (χ2v) is 16.0. The zero-order chi connectivity index (χ0) is 30.7. The number of anilines is 1. The standard InChI is InChI=1S/C35H35NO6S2/c1-3-41-33(38)18-34(16-27(37)17-34)25-5-8-28(9-6-25)42-19-24-4-11-32-30(15-24)31(20-43-32)29-10-7-26(14-23(29)2)36-21-35(22-36)12-13-44(35,39)40/h4-11,14-15,20H,3,12-13,16-19,21-22H2,1-2H3. The Morgan fingerprint density at radius 1 is 1.00 bits per heavy atom. The number of benzene rings is 3. The quantitative estimate of drug-likeness (QED) is 0.198. The van der Waals surface area contributed by atoms with Crippen LogP contribution >= 0.6 is 11.3 Å². The minimum absolute atomic E-state index is 0.166. The predicted molar refractivity (Wildman–Crippen MR) is 173 cm³/mol. The first-order chi connectivity index (χ1) is 21.1. The Hall–Kier alpha value is -3.69. The molecule has 1 spiro atoms.